The Hall–Kier alpha value is -1.10. The lowest BCUT2D eigenvalue weighted by atomic mass is 9.67. The van der Waals surface area contributed by atoms with Crippen LogP contribution in [0.3, 0.4) is 0 Å². The molecule has 4 fully saturated rings. The van der Waals surface area contributed by atoms with Crippen LogP contribution in [0.1, 0.15) is 66.2 Å². The van der Waals surface area contributed by atoms with E-state index in [4.69, 9.17) is 9.47 Å². The summed E-state index contributed by atoms with van der Waals surface area (Å²) in [5.41, 5.74) is -0.311. The first-order chi connectivity index (χ1) is 13.3. The molecule has 0 aromatic rings. The number of hydrogen-bond acceptors (Lipinski definition) is 5. The van der Waals surface area contributed by atoms with Crippen molar-refractivity contribution in [3.8, 4) is 0 Å². The molecule has 4 aliphatic rings. The summed E-state index contributed by atoms with van der Waals surface area (Å²) in [6, 6.07) is 0. The first-order valence-electron chi connectivity index (χ1n) is 11.2. The maximum Gasteiger partial charge on any atom is 0.311 e. The number of methoxy groups -OCH3 is 1. The minimum absolute atomic E-state index is 0.0159. The molecule has 4 aliphatic carbocycles. The van der Waals surface area contributed by atoms with Gasteiger partial charge in [-0.25, -0.2) is 0 Å². The Kier molecular flexibility index (Phi) is 6.73. The van der Waals surface area contributed by atoms with Gasteiger partial charge in [-0.15, -0.1) is 0 Å². The van der Waals surface area contributed by atoms with Crippen LogP contribution in [0.2, 0.25) is 0 Å². The van der Waals surface area contributed by atoms with Gasteiger partial charge in [0.25, 0.3) is 0 Å². The summed E-state index contributed by atoms with van der Waals surface area (Å²) in [4.78, 5) is 23.0. The highest BCUT2D eigenvalue weighted by Gasteiger charge is 2.63. The van der Waals surface area contributed by atoms with Crippen LogP contribution in [0.4, 0.5) is 0 Å². The molecule has 0 saturated heterocycles. The molecule has 0 amide bonds. The zero-order valence-corrected chi connectivity index (χ0v) is 18.2. The van der Waals surface area contributed by atoms with Gasteiger partial charge in [0.15, 0.2) is 6.79 Å². The Labute approximate surface area is 169 Å². The van der Waals surface area contributed by atoms with E-state index in [0.717, 1.165) is 42.4 Å². The maximum absolute atomic E-state index is 12.2. The Morgan fingerprint density at radius 3 is 2.21 bits per heavy atom. The lowest BCUT2D eigenvalue weighted by Crippen LogP contribution is -2.36. The van der Waals surface area contributed by atoms with Gasteiger partial charge < -0.3 is 14.2 Å². The first kappa shape index (κ1) is 21.6. The van der Waals surface area contributed by atoms with E-state index < -0.39 is 0 Å². The van der Waals surface area contributed by atoms with Crippen LogP contribution in [0.15, 0.2) is 0 Å². The molecular formula is C23H38O5. The molecule has 0 radical (unpaired) electrons. The zero-order chi connectivity index (χ0) is 20.5. The second kappa shape index (κ2) is 8.73. The molecule has 5 nitrogen and oxygen atoms in total. The summed E-state index contributed by atoms with van der Waals surface area (Å²) in [5.74, 6) is 5.31. The molecule has 160 valence electrons. The van der Waals surface area contributed by atoms with Crippen molar-refractivity contribution in [2.75, 3.05) is 20.5 Å². The lowest BCUT2D eigenvalue weighted by Gasteiger charge is -2.37. The van der Waals surface area contributed by atoms with Crippen molar-refractivity contribution in [2.24, 2.45) is 46.8 Å². The minimum atomic E-state index is -0.311. The molecule has 5 heteroatoms. The highest BCUT2D eigenvalue weighted by Crippen LogP contribution is 2.68. The van der Waals surface area contributed by atoms with Crippen molar-refractivity contribution in [1.82, 2.24) is 0 Å². The van der Waals surface area contributed by atoms with Crippen molar-refractivity contribution in [3.05, 3.63) is 0 Å². The molecule has 0 spiro atoms. The first-order valence-corrected chi connectivity index (χ1v) is 11.2. The van der Waals surface area contributed by atoms with Gasteiger partial charge in [0.05, 0.1) is 18.4 Å². The third kappa shape index (κ3) is 3.96. The van der Waals surface area contributed by atoms with Crippen molar-refractivity contribution in [1.29, 1.82) is 0 Å². The van der Waals surface area contributed by atoms with E-state index in [-0.39, 0.29) is 30.1 Å². The monoisotopic (exact) mass is 394 g/mol. The summed E-state index contributed by atoms with van der Waals surface area (Å²) in [6.07, 6.45) is 7.57. The van der Waals surface area contributed by atoms with Crippen LogP contribution >= 0.6 is 0 Å². The summed E-state index contributed by atoms with van der Waals surface area (Å²) in [5, 5.41) is 0. The van der Waals surface area contributed by atoms with E-state index in [0.29, 0.717) is 12.5 Å². The van der Waals surface area contributed by atoms with Crippen molar-refractivity contribution >= 4 is 11.9 Å². The van der Waals surface area contributed by atoms with Crippen LogP contribution in [-0.4, -0.2) is 32.4 Å². The van der Waals surface area contributed by atoms with Gasteiger partial charge in [0.2, 0.25) is 0 Å². The van der Waals surface area contributed by atoms with Gasteiger partial charge in [-0.3, -0.25) is 9.59 Å². The number of fused-ring (bicyclic) bond motifs is 9. The number of ether oxygens (including phenoxy) is 3. The molecule has 0 aromatic heterocycles. The number of carbonyl (C=O) groups is 2. The predicted molar refractivity (Wildman–Crippen MR) is 106 cm³/mol. The minimum Gasteiger partial charge on any atom is -0.469 e. The van der Waals surface area contributed by atoms with E-state index >= 15 is 0 Å². The predicted octanol–water partition coefficient (Wildman–Crippen LogP) is 4.44. The molecule has 0 aromatic carbocycles. The fourth-order valence-corrected chi connectivity index (χ4v) is 6.55. The van der Waals surface area contributed by atoms with E-state index in [9.17, 15) is 9.59 Å². The molecule has 7 unspecified atom stereocenters. The summed E-state index contributed by atoms with van der Waals surface area (Å²) >= 11 is 0. The van der Waals surface area contributed by atoms with Crippen molar-refractivity contribution in [2.45, 2.75) is 66.2 Å². The molecule has 7 atom stereocenters. The molecule has 4 rings (SSSR count). The Balaban J connectivity index is 0.000000215. The van der Waals surface area contributed by atoms with Gasteiger partial charge >= 0.3 is 11.9 Å². The van der Waals surface area contributed by atoms with Crippen LogP contribution in [0, 0.1) is 46.8 Å². The fraction of sp³-hybridized carbons (Fsp3) is 0.913. The van der Waals surface area contributed by atoms with E-state index in [1.165, 1.54) is 32.8 Å². The van der Waals surface area contributed by atoms with Crippen LogP contribution in [0.5, 0.6) is 0 Å². The standard InChI is InChI=1S/C16H24O3.C7H14O2/c1-2-18-8-19-16(17)13-7-11-6-12(13)15-10-4-3-9(5-10)14(11)15;1-5-7(2,3)6(8)9-4/h9-15H,2-8H2,1H3;5H2,1-4H3. The third-order valence-corrected chi connectivity index (χ3v) is 8.15. The second-order valence-electron chi connectivity index (χ2n) is 9.79. The van der Waals surface area contributed by atoms with Crippen molar-refractivity contribution in [3.63, 3.8) is 0 Å². The quantitative estimate of drug-likeness (QED) is 0.288. The fourth-order valence-electron chi connectivity index (χ4n) is 6.55. The van der Waals surface area contributed by atoms with E-state index in [1.807, 2.05) is 27.7 Å². The Bertz CT molecular complexity index is 571. The van der Waals surface area contributed by atoms with Crippen molar-refractivity contribution < 1.29 is 23.8 Å². The normalized spacial score (nSPS) is 37.2. The topological polar surface area (TPSA) is 61.8 Å². The summed E-state index contributed by atoms with van der Waals surface area (Å²) < 4.78 is 15.0. The highest BCUT2D eigenvalue weighted by molar-refractivity contribution is 5.75. The summed E-state index contributed by atoms with van der Waals surface area (Å²) in [6.45, 7) is 8.39. The van der Waals surface area contributed by atoms with Gasteiger partial charge in [-0.2, -0.15) is 0 Å². The Morgan fingerprint density at radius 1 is 0.964 bits per heavy atom. The average Bonchev–Trinajstić information content (AvgIpc) is 3.46. The third-order valence-electron chi connectivity index (χ3n) is 8.15. The van der Waals surface area contributed by atoms with Crippen LogP contribution < -0.4 is 0 Å². The number of rotatable bonds is 6. The molecule has 28 heavy (non-hydrogen) atoms. The highest BCUT2D eigenvalue weighted by atomic mass is 16.7. The van der Waals surface area contributed by atoms with Gasteiger partial charge in [-0.05, 0) is 94.8 Å². The number of carbonyl (C=O) groups excluding carboxylic acids is 2. The van der Waals surface area contributed by atoms with Gasteiger partial charge in [0.1, 0.15) is 0 Å². The van der Waals surface area contributed by atoms with Crippen LogP contribution in [0.25, 0.3) is 0 Å². The van der Waals surface area contributed by atoms with Crippen LogP contribution in [-0.2, 0) is 23.8 Å². The molecule has 0 heterocycles. The lowest BCUT2D eigenvalue weighted by molar-refractivity contribution is -0.164. The maximum atomic E-state index is 12.2. The van der Waals surface area contributed by atoms with E-state index in [1.54, 1.807) is 0 Å². The Morgan fingerprint density at radius 2 is 1.64 bits per heavy atom. The number of esters is 2. The average molecular weight is 395 g/mol. The van der Waals surface area contributed by atoms with Gasteiger partial charge in [0, 0.05) is 6.61 Å². The second-order valence-corrected chi connectivity index (χ2v) is 9.79. The molecule has 0 N–H and O–H groups in total. The smallest absolute Gasteiger partial charge is 0.311 e. The molecule has 0 aliphatic heterocycles. The van der Waals surface area contributed by atoms with E-state index in [2.05, 4.69) is 4.74 Å². The largest absolute Gasteiger partial charge is 0.469 e. The zero-order valence-electron chi connectivity index (χ0n) is 18.2. The number of hydrogen-bond donors (Lipinski definition) is 0. The molecular weight excluding hydrogens is 356 g/mol. The summed E-state index contributed by atoms with van der Waals surface area (Å²) in [7, 11) is 1.42. The SMILES string of the molecule is CCC(C)(C)C(=O)OC.CCOCOC(=O)C1CC2CC1C1C3CCC(C3)C21. The van der Waals surface area contributed by atoms with Gasteiger partial charge in [-0.1, -0.05) is 6.92 Å². The molecule has 4 bridgehead atoms. The molecule has 4 saturated carbocycles.